The van der Waals surface area contributed by atoms with Gasteiger partial charge < -0.3 is 10.2 Å². The summed E-state index contributed by atoms with van der Waals surface area (Å²) in [5.41, 5.74) is 0.331. The molecule has 1 N–H and O–H groups in total. The van der Waals surface area contributed by atoms with E-state index in [1.165, 1.54) is 10.9 Å². The lowest BCUT2D eigenvalue weighted by Gasteiger charge is -2.27. The van der Waals surface area contributed by atoms with Crippen molar-refractivity contribution in [1.29, 1.82) is 5.26 Å². The summed E-state index contributed by atoms with van der Waals surface area (Å²) in [4.78, 5) is 15.3. The zero-order valence-electron chi connectivity index (χ0n) is 13.1. The van der Waals surface area contributed by atoms with E-state index < -0.39 is 11.7 Å². The number of halogens is 3. The number of anilines is 1. The van der Waals surface area contributed by atoms with E-state index in [1.54, 1.807) is 22.3 Å². The second-order valence-corrected chi connectivity index (χ2v) is 6.66. The van der Waals surface area contributed by atoms with Crippen LogP contribution in [0.2, 0.25) is 0 Å². The summed E-state index contributed by atoms with van der Waals surface area (Å²) in [6.45, 7) is 1.09. The van der Waals surface area contributed by atoms with Crippen molar-refractivity contribution in [2.45, 2.75) is 19.1 Å². The Morgan fingerprint density at radius 1 is 1.36 bits per heavy atom. The van der Waals surface area contributed by atoms with Gasteiger partial charge in [-0.1, -0.05) is 0 Å². The Bertz CT molecular complexity index is 838. The molecular formula is C17H14F3N3OS. The average Bonchev–Trinajstić information content (AvgIpc) is 3.06. The fourth-order valence-electron chi connectivity index (χ4n) is 2.71. The Kier molecular flexibility index (Phi) is 4.68. The predicted molar refractivity (Wildman–Crippen MR) is 88.1 cm³/mol. The largest absolute Gasteiger partial charge is 0.416 e. The maximum atomic E-state index is 12.7. The van der Waals surface area contributed by atoms with Crippen molar-refractivity contribution < 1.29 is 18.0 Å². The molecule has 0 spiro atoms. The molecule has 2 aromatic rings. The molecule has 0 unspecified atom stereocenters. The second-order valence-electron chi connectivity index (χ2n) is 5.66. The Hall–Kier alpha value is -2.53. The molecule has 2 heterocycles. The number of hydrogen-bond acceptors (Lipinski definition) is 4. The molecule has 4 nitrogen and oxygen atoms in total. The van der Waals surface area contributed by atoms with Gasteiger partial charge in [0.05, 0.1) is 23.4 Å². The lowest BCUT2D eigenvalue weighted by Crippen LogP contribution is -2.38. The third-order valence-electron chi connectivity index (χ3n) is 4.06. The highest BCUT2D eigenvalue weighted by atomic mass is 32.1. The number of thiophene rings is 1. The molecule has 8 heteroatoms. The molecule has 0 radical (unpaired) electrons. The van der Waals surface area contributed by atoms with Crippen LogP contribution in [0.25, 0.3) is 0 Å². The standard InChI is InChI=1S/C17H14F3N3OS/c18-17(19,20)13-1-2-14(12(7-13)8-21)22-9-16(24)23-5-3-15-11(10-23)4-6-25-15/h1-2,4,6-7,22H,3,5,9-10H2. The van der Waals surface area contributed by atoms with E-state index in [0.717, 1.165) is 24.1 Å². The number of alkyl halides is 3. The normalized spacial score (nSPS) is 13.9. The van der Waals surface area contributed by atoms with Gasteiger partial charge >= 0.3 is 6.18 Å². The Labute approximate surface area is 146 Å². The van der Waals surface area contributed by atoms with Gasteiger partial charge in [-0.05, 0) is 41.6 Å². The van der Waals surface area contributed by atoms with Crippen LogP contribution < -0.4 is 5.32 Å². The highest BCUT2D eigenvalue weighted by Gasteiger charge is 2.31. The monoisotopic (exact) mass is 365 g/mol. The number of carbonyl (C=O) groups excluding carboxylic acids is 1. The third kappa shape index (κ3) is 3.77. The van der Waals surface area contributed by atoms with Gasteiger partial charge in [-0.15, -0.1) is 11.3 Å². The molecule has 3 rings (SSSR count). The van der Waals surface area contributed by atoms with Gasteiger partial charge in [0.1, 0.15) is 6.07 Å². The minimum Gasteiger partial charge on any atom is -0.375 e. The van der Waals surface area contributed by atoms with Gasteiger partial charge in [-0.25, -0.2) is 0 Å². The molecule has 0 bridgehead atoms. The van der Waals surface area contributed by atoms with Crippen LogP contribution in [0.3, 0.4) is 0 Å². The zero-order chi connectivity index (χ0) is 18.0. The summed E-state index contributed by atoms with van der Waals surface area (Å²) in [7, 11) is 0. The molecule has 0 saturated carbocycles. The van der Waals surface area contributed by atoms with Gasteiger partial charge in [0.25, 0.3) is 0 Å². The van der Waals surface area contributed by atoms with E-state index in [9.17, 15) is 18.0 Å². The number of amides is 1. The van der Waals surface area contributed by atoms with E-state index in [1.807, 2.05) is 11.4 Å². The van der Waals surface area contributed by atoms with Crippen LogP contribution in [0.1, 0.15) is 21.6 Å². The van der Waals surface area contributed by atoms with Crippen LogP contribution in [0.4, 0.5) is 18.9 Å². The summed E-state index contributed by atoms with van der Waals surface area (Å²) < 4.78 is 38.1. The number of rotatable bonds is 3. The fraction of sp³-hybridized carbons (Fsp3) is 0.294. The first-order chi connectivity index (χ1) is 11.9. The first-order valence-electron chi connectivity index (χ1n) is 7.56. The van der Waals surface area contributed by atoms with Crippen molar-refractivity contribution in [2.75, 3.05) is 18.4 Å². The minimum atomic E-state index is -4.51. The van der Waals surface area contributed by atoms with Crippen molar-refractivity contribution in [3.8, 4) is 6.07 Å². The first kappa shape index (κ1) is 17.3. The summed E-state index contributed by atoms with van der Waals surface area (Å²) >= 11 is 1.68. The third-order valence-corrected chi connectivity index (χ3v) is 5.08. The summed E-state index contributed by atoms with van der Waals surface area (Å²) in [6.07, 6.45) is -3.70. The number of benzene rings is 1. The van der Waals surface area contributed by atoms with Gasteiger partial charge in [0, 0.05) is 18.0 Å². The van der Waals surface area contributed by atoms with Crippen LogP contribution in [0.15, 0.2) is 29.6 Å². The molecular weight excluding hydrogens is 351 g/mol. The van der Waals surface area contributed by atoms with Crippen LogP contribution in [0.5, 0.6) is 0 Å². The van der Waals surface area contributed by atoms with Gasteiger partial charge in [-0.3, -0.25) is 4.79 Å². The van der Waals surface area contributed by atoms with E-state index in [2.05, 4.69) is 5.32 Å². The summed E-state index contributed by atoms with van der Waals surface area (Å²) in [5, 5.41) is 13.8. The highest BCUT2D eigenvalue weighted by molar-refractivity contribution is 7.10. The molecule has 0 atom stereocenters. The number of nitrogens with one attached hydrogen (secondary N) is 1. The number of carbonyl (C=O) groups is 1. The molecule has 1 amide bonds. The lowest BCUT2D eigenvalue weighted by molar-refractivity contribution is -0.137. The average molecular weight is 365 g/mol. The second kappa shape index (κ2) is 6.76. The fourth-order valence-corrected chi connectivity index (χ4v) is 3.60. The van der Waals surface area contributed by atoms with E-state index in [4.69, 9.17) is 5.26 Å². The molecule has 0 fully saturated rings. The van der Waals surface area contributed by atoms with E-state index in [-0.39, 0.29) is 23.7 Å². The van der Waals surface area contributed by atoms with Crippen molar-refractivity contribution in [3.63, 3.8) is 0 Å². The van der Waals surface area contributed by atoms with Gasteiger partial charge in [0.15, 0.2) is 0 Å². The molecule has 1 aliphatic rings. The quantitative estimate of drug-likeness (QED) is 0.904. The van der Waals surface area contributed by atoms with Gasteiger partial charge in [-0.2, -0.15) is 18.4 Å². The molecule has 0 aliphatic carbocycles. The first-order valence-corrected chi connectivity index (χ1v) is 8.44. The van der Waals surface area contributed by atoms with E-state index >= 15 is 0 Å². The van der Waals surface area contributed by atoms with Crippen LogP contribution in [-0.4, -0.2) is 23.9 Å². The summed E-state index contributed by atoms with van der Waals surface area (Å²) in [5.74, 6) is -0.152. The van der Waals surface area contributed by atoms with Gasteiger partial charge in [0.2, 0.25) is 5.91 Å². The molecule has 0 saturated heterocycles. The Morgan fingerprint density at radius 3 is 2.88 bits per heavy atom. The summed E-state index contributed by atoms with van der Waals surface area (Å²) in [6, 6.07) is 6.59. The van der Waals surface area contributed by atoms with Crippen molar-refractivity contribution >= 4 is 22.9 Å². The number of nitriles is 1. The highest BCUT2D eigenvalue weighted by Crippen LogP contribution is 2.31. The van der Waals surface area contributed by atoms with Crippen molar-refractivity contribution in [2.24, 2.45) is 0 Å². The SMILES string of the molecule is N#Cc1cc(C(F)(F)F)ccc1NCC(=O)N1CCc2sccc2C1. The Balaban J connectivity index is 1.66. The van der Waals surface area contributed by atoms with Crippen LogP contribution >= 0.6 is 11.3 Å². The maximum Gasteiger partial charge on any atom is 0.416 e. The lowest BCUT2D eigenvalue weighted by atomic mass is 10.1. The molecule has 1 aromatic carbocycles. The molecule has 1 aromatic heterocycles. The Morgan fingerprint density at radius 2 is 2.16 bits per heavy atom. The topological polar surface area (TPSA) is 56.1 Å². The molecule has 25 heavy (non-hydrogen) atoms. The zero-order valence-corrected chi connectivity index (χ0v) is 13.9. The van der Waals surface area contributed by atoms with Crippen LogP contribution in [0, 0.1) is 11.3 Å². The molecule has 1 aliphatic heterocycles. The number of hydrogen-bond donors (Lipinski definition) is 1. The van der Waals surface area contributed by atoms with Crippen LogP contribution in [-0.2, 0) is 23.9 Å². The minimum absolute atomic E-state index is 0.0699. The van der Waals surface area contributed by atoms with E-state index in [0.29, 0.717) is 13.1 Å². The smallest absolute Gasteiger partial charge is 0.375 e. The number of fused-ring (bicyclic) bond motifs is 1. The molecule has 130 valence electrons. The van der Waals surface area contributed by atoms with Crippen molar-refractivity contribution in [1.82, 2.24) is 4.90 Å². The number of nitrogens with zero attached hydrogens (tertiary/aromatic N) is 2. The van der Waals surface area contributed by atoms with Crippen molar-refractivity contribution in [3.05, 3.63) is 51.2 Å². The predicted octanol–water partition coefficient (Wildman–Crippen LogP) is 3.64. The maximum absolute atomic E-state index is 12.7.